The van der Waals surface area contributed by atoms with Gasteiger partial charge in [-0.1, -0.05) is 37.7 Å². The van der Waals surface area contributed by atoms with Crippen LogP contribution in [-0.4, -0.2) is 17.6 Å². The lowest BCUT2D eigenvalue weighted by atomic mass is 10.2. The highest BCUT2D eigenvalue weighted by atomic mass is 28.3. The Labute approximate surface area is 114 Å². The predicted molar refractivity (Wildman–Crippen MR) is 78.1 cm³/mol. The summed E-state index contributed by atoms with van der Waals surface area (Å²) in [5.74, 6) is 4.12. The molecule has 0 fully saturated rings. The zero-order valence-electron chi connectivity index (χ0n) is 11.4. The average molecular weight is 268 g/mol. The van der Waals surface area contributed by atoms with Gasteiger partial charge in [0.05, 0.1) is 11.4 Å². The SMILES string of the molecule is C[Si](C)(C)C#Cc1ncn2c1COc1ccccc1-2. The molecule has 0 radical (unpaired) electrons. The first-order valence-electron chi connectivity index (χ1n) is 6.36. The Morgan fingerprint density at radius 3 is 2.84 bits per heavy atom. The Kier molecular flexibility index (Phi) is 2.72. The molecule has 0 N–H and O–H groups in total. The summed E-state index contributed by atoms with van der Waals surface area (Å²) in [6.07, 6.45) is 1.84. The maximum atomic E-state index is 5.76. The third-order valence-corrected chi connectivity index (χ3v) is 3.79. The van der Waals surface area contributed by atoms with Crippen molar-refractivity contribution in [2.75, 3.05) is 0 Å². The monoisotopic (exact) mass is 268 g/mol. The summed E-state index contributed by atoms with van der Waals surface area (Å²) in [6.45, 7) is 7.23. The standard InChI is InChI=1S/C15H16N2OSi/c1-19(2,3)9-8-12-14-10-18-15-7-5-4-6-13(15)17(14)11-16-12/h4-7,11H,10H2,1-3H3. The number of ether oxygens (including phenoxy) is 1. The maximum absolute atomic E-state index is 5.76. The number of nitrogens with zero attached hydrogens (tertiary/aromatic N) is 2. The average Bonchev–Trinajstić information content (AvgIpc) is 2.79. The van der Waals surface area contributed by atoms with Crippen molar-refractivity contribution >= 4 is 8.07 Å². The molecule has 4 heteroatoms. The van der Waals surface area contributed by atoms with Crippen LogP contribution in [-0.2, 0) is 6.61 Å². The Balaban J connectivity index is 2.06. The van der Waals surface area contributed by atoms with Crippen LogP contribution in [0, 0.1) is 11.5 Å². The molecule has 1 aliphatic heterocycles. The summed E-state index contributed by atoms with van der Waals surface area (Å²) < 4.78 is 7.84. The van der Waals surface area contributed by atoms with E-state index in [4.69, 9.17) is 4.74 Å². The highest BCUT2D eigenvalue weighted by Gasteiger charge is 2.19. The molecule has 0 amide bonds. The van der Waals surface area contributed by atoms with E-state index in [0.29, 0.717) is 6.61 Å². The van der Waals surface area contributed by atoms with Crippen molar-refractivity contribution in [3.8, 4) is 22.9 Å². The molecule has 0 bridgehead atoms. The van der Waals surface area contributed by atoms with Gasteiger partial charge in [0.15, 0.2) is 0 Å². The lowest BCUT2D eigenvalue weighted by Gasteiger charge is -2.19. The number of fused-ring (bicyclic) bond motifs is 3. The van der Waals surface area contributed by atoms with Gasteiger partial charge in [-0.15, -0.1) is 5.54 Å². The lowest BCUT2D eigenvalue weighted by molar-refractivity contribution is 0.285. The van der Waals surface area contributed by atoms with Crippen molar-refractivity contribution in [1.82, 2.24) is 9.55 Å². The van der Waals surface area contributed by atoms with Crippen molar-refractivity contribution in [1.29, 1.82) is 0 Å². The molecular formula is C15H16N2OSi. The van der Waals surface area contributed by atoms with Gasteiger partial charge in [0.25, 0.3) is 0 Å². The first-order valence-corrected chi connectivity index (χ1v) is 9.86. The van der Waals surface area contributed by atoms with Crippen LogP contribution in [0.4, 0.5) is 0 Å². The van der Waals surface area contributed by atoms with Crippen LogP contribution in [0.25, 0.3) is 5.69 Å². The van der Waals surface area contributed by atoms with Gasteiger partial charge in [-0.05, 0) is 12.1 Å². The van der Waals surface area contributed by atoms with E-state index in [-0.39, 0.29) is 0 Å². The fraction of sp³-hybridized carbons (Fsp3) is 0.267. The number of para-hydroxylation sites is 2. The van der Waals surface area contributed by atoms with E-state index in [1.807, 2.05) is 30.6 Å². The van der Waals surface area contributed by atoms with Crippen LogP contribution in [0.1, 0.15) is 11.4 Å². The molecular weight excluding hydrogens is 252 g/mol. The Bertz CT molecular complexity index is 686. The predicted octanol–water partition coefficient (Wildman–Crippen LogP) is 2.99. The van der Waals surface area contributed by atoms with E-state index < -0.39 is 8.07 Å². The van der Waals surface area contributed by atoms with E-state index in [1.54, 1.807) is 0 Å². The van der Waals surface area contributed by atoms with Crippen molar-refractivity contribution < 1.29 is 4.74 Å². The van der Waals surface area contributed by atoms with Crippen LogP contribution >= 0.6 is 0 Å². The minimum Gasteiger partial charge on any atom is -0.485 e. The summed E-state index contributed by atoms with van der Waals surface area (Å²) >= 11 is 0. The van der Waals surface area contributed by atoms with Crippen molar-refractivity contribution in [3.63, 3.8) is 0 Å². The fourth-order valence-corrected chi connectivity index (χ4v) is 2.49. The molecule has 2 aromatic rings. The Morgan fingerprint density at radius 2 is 2.05 bits per heavy atom. The molecule has 3 rings (SSSR count). The molecule has 19 heavy (non-hydrogen) atoms. The number of hydrogen-bond donors (Lipinski definition) is 0. The van der Waals surface area contributed by atoms with E-state index in [0.717, 1.165) is 22.8 Å². The van der Waals surface area contributed by atoms with Gasteiger partial charge in [-0.2, -0.15) is 0 Å². The summed E-state index contributed by atoms with van der Waals surface area (Å²) in [4.78, 5) is 4.43. The minimum atomic E-state index is -1.38. The molecule has 0 atom stereocenters. The van der Waals surface area contributed by atoms with Gasteiger partial charge < -0.3 is 4.74 Å². The minimum absolute atomic E-state index is 0.534. The molecule has 1 aromatic heterocycles. The second-order valence-corrected chi connectivity index (χ2v) is 10.4. The number of benzene rings is 1. The largest absolute Gasteiger partial charge is 0.485 e. The molecule has 0 saturated heterocycles. The lowest BCUT2D eigenvalue weighted by Crippen LogP contribution is -2.17. The summed E-state index contributed by atoms with van der Waals surface area (Å²) in [6, 6.07) is 8.00. The van der Waals surface area contributed by atoms with Gasteiger partial charge in [0.2, 0.25) is 0 Å². The third-order valence-electron chi connectivity index (χ3n) is 2.91. The third kappa shape index (κ3) is 2.29. The fourth-order valence-electron chi connectivity index (χ4n) is 1.99. The zero-order chi connectivity index (χ0) is 13.5. The molecule has 1 aliphatic rings. The van der Waals surface area contributed by atoms with Crippen molar-refractivity contribution in [2.45, 2.75) is 26.2 Å². The number of aromatic nitrogens is 2. The number of imidazole rings is 1. The van der Waals surface area contributed by atoms with Crippen LogP contribution in [0.2, 0.25) is 19.6 Å². The van der Waals surface area contributed by atoms with Crippen molar-refractivity contribution in [3.05, 3.63) is 42.0 Å². The van der Waals surface area contributed by atoms with E-state index >= 15 is 0 Å². The topological polar surface area (TPSA) is 27.1 Å². The van der Waals surface area contributed by atoms with Gasteiger partial charge in [0.1, 0.15) is 32.5 Å². The maximum Gasteiger partial charge on any atom is 0.143 e. The molecule has 0 unspecified atom stereocenters. The molecule has 3 nitrogen and oxygen atoms in total. The van der Waals surface area contributed by atoms with Gasteiger partial charge in [0, 0.05) is 0 Å². The van der Waals surface area contributed by atoms with E-state index in [1.165, 1.54) is 0 Å². The van der Waals surface area contributed by atoms with Crippen LogP contribution in [0.5, 0.6) is 5.75 Å². The van der Waals surface area contributed by atoms with Crippen LogP contribution in [0.3, 0.4) is 0 Å². The molecule has 1 aromatic carbocycles. The molecule has 0 saturated carbocycles. The first kappa shape index (κ1) is 12.1. The Morgan fingerprint density at radius 1 is 1.26 bits per heavy atom. The first-order chi connectivity index (χ1) is 9.04. The molecule has 0 aliphatic carbocycles. The van der Waals surface area contributed by atoms with Gasteiger partial charge in [-0.25, -0.2) is 4.98 Å². The Hall–Kier alpha value is -1.99. The zero-order valence-corrected chi connectivity index (χ0v) is 12.4. The summed E-state index contributed by atoms with van der Waals surface area (Å²) in [5, 5.41) is 0. The van der Waals surface area contributed by atoms with Crippen molar-refractivity contribution in [2.24, 2.45) is 0 Å². The number of hydrogen-bond acceptors (Lipinski definition) is 2. The molecule has 0 spiro atoms. The molecule has 96 valence electrons. The summed E-state index contributed by atoms with van der Waals surface area (Å²) in [7, 11) is -1.38. The van der Waals surface area contributed by atoms with Gasteiger partial charge >= 0.3 is 0 Å². The highest BCUT2D eigenvalue weighted by molar-refractivity contribution is 6.83. The second kappa shape index (κ2) is 4.28. The van der Waals surface area contributed by atoms with Crippen LogP contribution < -0.4 is 4.74 Å². The second-order valence-electron chi connectivity index (χ2n) is 5.67. The van der Waals surface area contributed by atoms with E-state index in [9.17, 15) is 0 Å². The van der Waals surface area contributed by atoms with E-state index in [2.05, 4.69) is 40.7 Å². The highest BCUT2D eigenvalue weighted by Crippen LogP contribution is 2.30. The van der Waals surface area contributed by atoms with Crippen LogP contribution in [0.15, 0.2) is 30.6 Å². The normalized spacial score (nSPS) is 12.8. The number of rotatable bonds is 0. The summed E-state index contributed by atoms with van der Waals surface area (Å²) in [5.41, 5.74) is 6.29. The smallest absolute Gasteiger partial charge is 0.143 e. The molecule has 2 heterocycles. The quantitative estimate of drug-likeness (QED) is 0.542. The van der Waals surface area contributed by atoms with Gasteiger partial charge in [-0.3, -0.25) is 4.57 Å².